The van der Waals surface area contributed by atoms with Crippen LogP contribution in [0, 0.1) is 0 Å². The van der Waals surface area contributed by atoms with Crippen LogP contribution in [0.1, 0.15) is 12.5 Å². The van der Waals surface area contributed by atoms with Gasteiger partial charge in [0.05, 0.1) is 11.4 Å². The first kappa shape index (κ1) is 14.3. The maximum absolute atomic E-state index is 12.1. The highest BCUT2D eigenvalue weighted by Crippen LogP contribution is 2.32. The zero-order valence-electron chi connectivity index (χ0n) is 10.2. The second-order valence-corrected chi connectivity index (χ2v) is 6.64. The highest BCUT2D eigenvalue weighted by molar-refractivity contribution is 7.89. The summed E-state index contributed by atoms with van der Waals surface area (Å²) in [5.74, 6) is -0.177. The summed E-state index contributed by atoms with van der Waals surface area (Å²) in [5.41, 5.74) is 6.69. The van der Waals surface area contributed by atoms with Gasteiger partial charge < -0.3 is 11.1 Å². The lowest BCUT2D eigenvalue weighted by molar-refractivity contribution is -0.115. The first-order chi connectivity index (χ1) is 8.79. The van der Waals surface area contributed by atoms with Crippen LogP contribution in [-0.4, -0.2) is 26.9 Å². The minimum atomic E-state index is -3.73. The van der Waals surface area contributed by atoms with Gasteiger partial charge in [-0.3, -0.25) is 4.79 Å². The van der Waals surface area contributed by atoms with Crippen LogP contribution in [0.5, 0.6) is 0 Å². The van der Waals surface area contributed by atoms with Crippen molar-refractivity contribution in [3.8, 4) is 0 Å². The Morgan fingerprint density at radius 2 is 2.21 bits per heavy atom. The number of rotatable bonds is 4. The average molecular weight is 304 g/mol. The third-order valence-corrected chi connectivity index (χ3v) is 4.56. The summed E-state index contributed by atoms with van der Waals surface area (Å²) in [6.45, 7) is 1.81. The standard InChI is InChI=1S/C11H14ClN3O3S/c1-6(13)5-14-19(17,18)10-2-7-3-11(16)15-9(7)4-8(10)12/h2,4,6,14H,3,5,13H2,1H3,(H,15,16). The molecule has 1 atom stereocenters. The van der Waals surface area contributed by atoms with Crippen molar-refractivity contribution in [2.75, 3.05) is 11.9 Å². The number of halogens is 1. The van der Waals surface area contributed by atoms with Crippen LogP contribution in [0.2, 0.25) is 5.02 Å². The largest absolute Gasteiger partial charge is 0.327 e. The quantitative estimate of drug-likeness (QED) is 0.752. The summed E-state index contributed by atoms with van der Waals surface area (Å²) in [4.78, 5) is 11.2. The van der Waals surface area contributed by atoms with Crippen molar-refractivity contribution in [1.82, 2.24) is 4.72 Å². The third-order valence-electron chi connectivity index (χ3n) is 2.67. The molecule has 8 heteroatoms. The molecule has 0 saturated heterocycles. The van der Waals surface area contributed by atoms with Crippen LogP contribution >= 0.6 is 11.6 Å². The van der Waals surface area contributed by atoms with E-state index in [0.29, 0.717) is 11.3 Å². The molecule has 1 unspecified atom stereocenters. The molecule has 0 spiro atoms. The molecule has 1 aliphatic heterocycles. The van der Waals surface area contributed by atoms with Crippen molar-refractivity contribution in [3.05, 3.63) is 22.7 Å². The van der Waals surface area contributed by atoms with E-state index in [-0.39, 0.29) is 34.8 Å². The Bertz CT molecular complexity index is 628. The first-order valence-corrected chi connectivity index (χ1v) is 7.53. The molecule has 19 heavy (non-hydrogen) atoms. The van der Waals surface area contributed by atoms with E-state index >= 15 is 0 Å². The molecule has 0 radical (unpaired) electrons. The third kappa shape index (κ3) is 3.06. The molecule has 104 valence electrons. The molecule has 0 saturated carbocycles. The van der Waals surface area contributed by atoms with Crippen LogP contribution in [0.3, 0.4) is 0 Å². The van der Waals surface area contributed by atoms with Crippen molar-refractivity contribution < 1.29 is 13.2 Å². The highest BCUT2D eigenvalue weighted by Gasteiger charge is 2.25. The number of amides is 1. The number of carbonyl (C=O) groups is 1. The van der Waals surface area contributed by atoms with E-state index in [4.69, 9.17) is 17.3 Å². The predicted molar refractivity (Wildman–Crippen MR) is 72.6 cm³/mol. The lowest BCUT2D eigenvalue weighted by Gasteiger charge is -2.11. The number of anilines is 1. The predicted octanol–water partition coefficient (Wildman–Crippen LogP) is 0.460. The molecule has 0 bridgehead atoms. The van der Waals surface area contributed by atoms with Gasteiger partial charge in [0.2, 0.25) is 15.9 Å². The number of sulfonamides is 1. The van der Waals surface area contributed by atoms with E-state index in [1.165, 1.54) is 12.1 Å². The van der Waals surface area contributed by atoms with E-state index in [0.717, 1.165) is 0 Å². The molecular formula is C11H14ClN3O3S. The van der Waals surface area contributed by atoms with E-state index in [9.17, 15) is 13.2 Å². The minimum absolute atomic E-state index is 0.0370. The number of benzene rings is 1. The van der Waals surface area contributed by atoms with Gasteiger partial charge in [0, 0.05) is 18.3 Å². The Hall–Kier alpha value is -1.15. The van der Waals surface area contributed by atoms with Gasteiger partial charge in [-0.25, -0.2) is 13.1 Å². The van der Waals surface area contributed by atoms with E-state index < -0.39 is 10.0 Å². The van der Waals surface area contributed by atoms with Gasteiger partial charge in [0.1, 0.15) is 4.90 Å². The van der Waals surface area contributed by atoms with Crippen molar-refractivity contribution in [2.45, 2.75) is 24.3 Å². The Kier molecular flexibility index (Phi) is 3.82. The molecule has 0 fully saturated rings. The van der Waals surface area contributed by atoms with Gasteiger partial charge in [0.15, 0.2) is 0 Å². The summed E-state index contributed by atoms with van der Waals surface area (Å²) >= 11 is 5.95. The van der Waals surface area contributed by atoms with Crippen LogP contribution < -0.4 is 15.8 Å². The van der Waals surface area contributed by atoms with E-state index in [1.807, 2.05) is 0 Å². The van der Waals surface area contributed by atoms with Crippen LogP contribution in [0.25, 0.3) is 0 Å². The number of nitrogens with one attached hydrogen (secondary N) is 2. The fourth-order valence-electron chi connectivity index (χ4n) is 1.75. The summed E-state index contributed by atoms with van der Waals surface area (Å²) in [5, 5.41) is 2.68. The maximum atomic E-state index is 12.1. The molecule has 2 rings (SSSR count). The summed E-state index contributed by atoms with van der Waals surface area (Å²) in [6, 6.07) is 2.56. The Balaban J connectivity index is 2.36. The fourth-order valence-corrected chi connectivity index (χ4v) is 3.47. The summed E-state index contributed by atoms with van der Waals surface area (Å²) in [7, 11) is -3.73. The van der Waals surface area contributed by atoms with E-state index in [2.05, 4.69) is 10.0 Å². The molecular weight excluding hydrogens is 290 g/mol. The molecule has 0 aromatic heterocycles. The van der Waals surface area contributed by atoms with Gasteiger partial charge >= 0.3 is 0 Å². The number of carbonyl (C=O) groups excluding carboxylic acids is 1. The van der Waals surface area contributed by atoms with Gasteiger partial charge in [0.25, 0.3) is 0 Å². The molecule has 1 aromatic carbocycles. The van der Waals surface area contributed by atoms with Crippen molar-refractivity contribution in [3.63, 3.8) is 0 Å². The summed E-state index contributed by atoms with van der Waals surface area (Å²) in [6.07, 6.45) is 0.155. The second kappa shape index (κ2) is 5.09. The Morgan fingerprint density at radius 1 is 1.53 bits per heavy atom. The van der Waals surface area contributed by atoms with Gasteiger partial charge in [-0.1, -0.05) is 11.6 Å². The monoisotopic (exact) mass is 303 g/mol. The molecule has 1 aromatic rings. The topological polar surface area (TPSA) is 101 Å². The zero-order valence-corrected chi connectivity index (χ0v) is 11.8. The van der Waals surface area contributed by atoms with Crippen molar-refractivity contribution in [2.24, 2.45) is 5.73 Å². The SMILES string of the molecule is CC(N)CNS(=O)(=O)c1cc2c(cc1Cl)NC(=O)C2. The van der Waals surface area contributed by atoms with Crippen LogP contribution in [0.15, 0.2) is 17.0 Å². The lowest BCUT2D eigenvalue weighted by Crippen LogP contribution is -2.35. The van der Waals surface area contributed by atoms with Crippen molar-refractivity contribution >= 4 is 33.2 Å². The molecule has 0 aliphatic carbocycles. The maximum Gasteiger partial charge on any atom is 0.242 e. The minimum Gasteiger partial charge on any atom is -0.327 e. The molecule has 1 heterocycles. The normalized spacial score (nSPS) is 16.1. The lowest BCUT2D eigenvalue weighted by atomic mass is 10.2. The molecule has 1 aliphatic rings. The van der Waals surface area contributed by atoms with Gasteiger partial charge in [-0.15, -0.1) is 0 Å². The van der Waals surface area contributed by atoms with Crippen LogP contribution in [-0.2, 0) is 21.2 Å². The smallest absolute Gasteiger partial charge is 0.242 e. The average Bonchev–Trinajstić information content (AvgIpc) is 2.64. The van der Waals surface area contributed by atoms with Gasteiger partial charge in [-0.05, 0) is 24.6 Å². The number of hydrogen-bond donors (Lipinski definition) is 3. The number of fused-ring (bicyclic) bond motifs is 1. The van der Waals surface area contributed by atoms with Crippen molar-refractivity contribution in [1.29, 1.82) is 0 Å². The van der Waals surface area contributed by atoms with Gasteiger partial charge in [-0.2, -0.15) is 0 Å². The van der Waals surface area contributed by atoms with E-state index in [1.54, 1.807) is 6.92 Å². The second-order valence-electron chi connectivity index (χ2n) is 4.49. The number of hydrogen-bond acceptors (Lipinski definition) is 4. The Morgan fingerprint density at radius 3 is 2.84 bits per heavy atom. The zero-order chi connectivity index (χ0) is 14.2. The highest BCUT2D eigenvalue weighted by atomic mass is 35.5. The Labute approximate surface area is 116 Å². The first-order valence-electron chi connectivity index (χ1n) is 5.67. The molecule has 1 amide bonds. The number of nitrogens with two attached hydrogens (primary N) is 1. The molecule has 4 N–H and O–H groups in total. The molecule has 6 nitrogen and oxygen atoms in total. The summed E-state index contributed by atoms with van der Waals surface area (Å²) < 4.78 is 26.5. The fraction of sp³-hybridized carbons (Fsp3) is 0.364. The van der Waals surface area contributed by atoms with Crippen LogP contribution in [0.4, 0.5) is 5.69 Å².